The van der Waals surface area contributed by atoms with Crippen molar-refractivity contribution in [2.24, 2.45) is 5.41 Å². The van der Waals surface area contributed by atoms with Crippen molar-refractivity contribution < 1.29 is 24.2 Å². The van der Waals surface area contributed by atoms with Gasteiger partial charge in [0.15, 0.2) is 0 Å². The van der Waals surface area contributed by atoms with Crippen LogP contribution in [0.1, 0.15) is 54.1 Å². The number of hydrogen-bond acceptors (Lipinski definition) is 7. The molecule has 3 heterocycles. The number of aromatic nitrogens is 2. The van der Waals surface area contributed by atoms with E-state index in [2.05, 4.69) is 15.3 Å². The summed E-state index contributed by atoms with van der Waals surface area (Å²) in [7, 11) is 0. The number of carbonyl (C=O) groups is 2. The first-order valence-corrected chi connectivity index (χ1v) is 11.4. The molecule has 0 radical (unpaired) electrons. The molecule has 1 aliphatic rings. The highest BCUT2D eigenvalue weighted by Crippen LogP contribution is 2.38. The number of benzene rings is 1. The van der Waals surface area contributed by atoms with E-state index in [0.29, 0.717) is 10.9 Å². The largest absolute Gasteiger partial charge is 0.485 e. The topological polar surface area (TPSA) is 111 Å². The Bertz CT molecular complexity index is 1160. The predicted octanol–water partition coefficient (Wildman–Crippen LogP) is 4.63. The van der Waals surface area contributed by atoms with Crippen LogP contribution in [-0.4, -0.2) is 33.0 Å². The minimum atomic E-state index is -1.08. The zero-order valence-electron chi connectivity index (χ0n) is 18.6. The van der Waals surface area contributed by atoms with Gasteiger partial charge in [0.1, 0.15) is 28.5 Å². The van der Waals surface area contributed by atoms with E-state index < -0.39 is 23.3 Å². The van der Waals surface area contributed by atoms with E-state index in [-0.39, 0.29) is 11.0 Å². The molecule has 0 saturated carbocycles. The maximum absolute atomic E-state index is 12.5. The summed E-state index contributed by atoms with van der Waals surface area (Å²) in [5.41, 5.74) is 1.46. The van der Waals surface area contributed by atoms with Crippen molar-refractivity contribution in [2.75, 3.05) is 0 Å². The molecule has 1 amide bonds. The van der Waals surface area contributed by atoms with Gasteiger partial charge in [0.05, 0.1) is 6.20 Å². The molecule has 33 heavy (non-hydrogen) atoms. The van der Waals surface area contributed by atoms with Crippen molar-refractivity contribution in [1.29, 1.82) is 0 Å². The van der Waals surface area contributed by atoms with Crippen molar-refractivity contribution in [3.63, 3.8) is 0 Å². The molecule has 1 aliphatic heterocycles. The van der Waals surface area contributed by atoms with Gasteiger partial charge in [-0.2, -0.15) is 0 Å². The number of rotatable bonds is 6. The van der Waals surface area contributed by atoms with E-state index in [1.807, 2.05) is 30.5 Å². The number of carbonyl (C=O) groups excluding carboxylic acids is 1. The van der Waals surface area contributed by atoms with Crippen LogP contribution in [0.3, 0.4) is 0 Å². The number of nitrogens with one attached hydrogen (secondary N) is 1. The predicted molar refractivity (Wildman–Crippen MR) is 123 cm³/mol. The van der Waals surface area contributed by atoms with E-state index in [1.54, 1.807) is 33.0 Å². The standard InChI is InChI=1S/C24H25N3O5S/c1-24(2,3)20(22(29)30)27-21(28)19-13-26-23(33-19)31-16-7-9-17-14(11-16)6-8-18(32-17)15-5-4-10-25-12-15/h4-5,7,9-13,18,20H,6,8H2,1-3H3,(H,27,28)(H,29,30)/t18?,20-/m1/s1. The van der Waals surface area contributed by atoms with Crippen molar-refractivity contribution in [3.05, 3.63) is 64.9 Å². The fraction of sp³-hybridized carbons (Fsp3) is 0.333. The van der Waals surface area contributed by atoms with Crippen LogP contribution in [0.15, 0.2) is 48.9 Å². The van der Waals surface area contributed by atoms with Gasteiger partial charge in [-0.1, -0.05) is 38.2 Å². The summed E-state index contributed by atoms with van der Waals surface area (Å²) in [6, 6.07) is 8.47. The van der Waals surface area contributed by atoms with Crippen molar-refractivity contribution >= 4 is 23.2 Å². The van der Waals surface area contributed by atoms with Crippen LogP contribution >= 0.6 is 11.3 Å². The summed E-state index contributed by atoms with van der Waals surface area (Å²) in [6.45, 7) is 5.27. The van der Waals surface area contributed by atoms with E-state index in [9.17, 15) is 14.7 Å². The Balaban J connectivity index is 1.42. The molecule has 1 unspecified atom stereocenters. The molecule has 9 heteroatoms. The number of fused-ring (bicyclic) bond motifs is 1. The molecule has 172 valence electrons. The minimum absolute atomic E-state index is 0.0271. The monoisotopic (exact) mass is 467 g/mol. The lowest BCUT2D eigenvalue weighted by Gasteiger charge is -2.27. The molecule has 2 atom stereocenters. The fourth-order valence-electron chi connectivity index (χ4n) is 3.59. The Labute approximate surface area is 195 Å². The van der Waals surface area contributed by atoms with Gasteiger partial charge >= 0.3 is 5.97 Å². The number of carboxylic acids is 1. The quantitative estimate of drug-likeness (QED) is 0.544. The van der Waals surface area contributed by atoms with Crippen LogP contribution in [0.4, 0.5) is 0 Å². The van der Waals surface area contributed by atoms with Crippen molar-refractivity contribution in [3.8, 4) is 16.7 Å². The summed E-state index contributed by atoms with van der Waals surface area (Å²) in [5, 5.41) is 12.3. The number of carboxylic acid groups (broad SMARTS) is 1. The zero-order valence-corrected chi connectivity index (χ0v) is 19.4. The Kier molecular flexibility index (Phi) is 6.33. The van der Waals surface area contributed by atoms with Crippen LogP contribution in [0, 0.1) is 5.41 Å². The number of hydrogen-bond donors (Lipinski definition) is 2. The molecule has 0 aliphatic carbocycles. The second-order valence-electron chi connectivity index (χ2n) is 8.90. The van der Waals surface area contributed by atoms with E-state index >= 15 is 0 Å². The third-order valence-electron chi connectivity index (χ3n) is 5.34. The molecular formula is C24H25N3O5S. The van der Waals surface area contributed by atoms with Crippen LogP contribution in [0.5, 0.6) is 16.7 Å². The Morgan fingerprint density at radius 2 is 2.09 bits per heavy atom. The van der Waals surface area contributed by atoms with Crippen LogP contribution in [-0.2, 0) is 11.2 Å². The van der Waals surface area contributed by atoms with Gasteiger partial charge < -0.3 is 19.9 Å². The second-order valence-corrected chi connectivity index (χ2v) is 9.90. The Morgan fingerprint density at radius 3 is 2.79 bits per heavy atom. The fourth-order valence-corrected chi connectivity index (χ4v) is 4.28. The number of aliphatic carboxylic acids is 1. The highest BCUT2D eigenvalue weighted by atomic mass is 32.1. The average molecular weight is 468 g/mol. The van der Waals surface area contributed by atoms with Crippen molar-refractivity contribution in [2.45, 2.75) is 45.8 Å². The third-order valence-corrected chi connectivity index (χ3v) is 6.21. The number of thiazole rings is 1. The summed E-state index contributed by atoms with van der Waals surface area (Å²) in [6.07, 6.45) is 6.59. The summed E-state index contributed by atoms with van der Waals surface area (Å²) in [5.74, 6) is -0.177. The molecule has 2 N–H and O–H groups in total. The smallest absolute Gasteiger partial charge is 0.326 e. The molecule has 8 nitrogen and oxygen atoms in total. The van der Waals surface area contributed by atoms with Gasteiger partial charge in [-0.25, -0.2) is 9.78 Å². The van der Waals surface area contributed by atoms with Gasteiger partial charge in [0.2, 0.25) is 0 Å². The lowest BCUT2D eigenvalue weighted by molar-refractivity contribution is -0.142. The molecule has 3 aromatic rings. The third kappa shape index (κ3) is 5.31. The number of aryl methyl sites for hydroxylation is 1. The van der Waals surface area contributed by atoms with Gasteiger partial charge in [0, 0.05) is 18.0 Å². The number of amides is 1. The molecule has 0 fully saturated rings. The lowest BCUT2D eigenvalue weighted by Crippen LogP contribution is -2.48. The molecule has 0 spiro atoms. The van der Waals surface area contributed by atoms with E-state index in [1.165, 1.54) is 6.20 Å². The Morgan fingerprint density at radius 1 is 1.27 bits per heavy atom. The first-order chi connectivity index (χ1) is 15.7. The van der Waals surface area contributed by atoms with Gasteiger partial charge in [0.25, 0.3) is 11.1 Å². The van der Waals surface area contributed by atoms with Crippen LogP contribution < -0.4 is 14.8 Å². The molecular weight excluding hydrogens is 442 g/mol. The van der Waals surface area contributed by atoms with E-state index in [0.717, 1.165) is 41.1 Å². The van der Waals surface area contributed by atoms with Crippen LogP contribution in [0.2, 0.25) is 0 Å². The molecule has 1 aromatic carbocycles. The summed E-state index contributed by atoms with van der Waals surface area (Å²) >= 11 is 1.06. The minimum Gasteiger partial charge on any atom is -0.485 e. The normalized spacial score (nSPS) is 16.3. The summed E-state index contributed by atoms with van der Waals surface area (Å²) < 4.78 is 12.0. The average Bonchev–Trinajstić information content (AvgIpc) is 3.25. The lowest BCUT2D eigenvalue weighted by atomic mass is 9.87. The van der Waals surface area contributed by atoms with Gasteiger partial charge in [-0.3, -0.25) is 9.78 Å². The highest BCUT2D eigenvalue weighted by molar-refractivity contribution is 7.15. The van der Waals surface area contributed by atoms with Gasteiger partial charge in [-0.15, -0.1) is 0 Å². The maximum Gasteiger partial charge on any atom is 0.326 e. The molecule has 0 bridgehead atoms. The highest BCUT2D eigenvalue weighted by Gasteiger charge is 2.33. The number of ether oxygens (including phenoxy) is 2. The number of pyridine rings is 1. The summed E-state index contributed by atoms with van der Waals surface area (Å²) in [4.78, 5) is 32.6. The second kappa shape index (κ2) is 9.19. The zero-order chi connectivity index (χ0) is 23.6. The molecule has 0 saturated heterocycles. The SMILES string of the molecule is CC(C)(C)[C@H](NC(=O)c1cnc(Oc2ccc3c(c2)CCC(c2cccnc2)O3)s1)C(=O)O. The van der Waals surface area contributed by atoms with Crippen molar-refractivity contribution in [1.82, 2.24) is 15.3 Å². The van der Waals surface area contributed by atoms with E-state index in [4.69, 9.17) is 9.47 Å². The van der Waals surface area contributed by atoms with Gasteiger partial charge in [-0.05, 0) is 48.1 Å². The number of nitrogens with zero attached hydrogens (tertiary/aromatic N) is 2. The Hall–Kier alpha value is -3.46. The first kappa shape index (κ1) is 22.7. The molecule has 4 rings (SSSR count). The first-order valence-electron chi connectivity index (χ1n) is 10.6. The maximum atomic E-state index is 12.5. The van der Waals surface area contributed by atoms with Crippen LogP contribution in [0.25, 0.3) is 0 Å². The molecule has 2 aromatic heterocycles.